The van der Waals surface area contributed by atoms with Gasteiger partial charge in [-0.15, -0.1) is 0 Å². The van der Waals surface area contributed by atoms with Crippen molar-refractivity contribution in [1.82, 2.24) is 0 Å². The van der Waals surface area contributed by atoms with Gasteiger partial charge in [0.25, 0.3) is 0 Å². The SMILES string of the molecule is CCO[C@H]1C=C[C@@H](O)[C@@H](CO[Si](C)(C)C(C)(C)C)O1. The molecule has 0 unspecified atom stereocenters. The molecule has 0 aromatic heterocycles. The third kappa shape index (κ3) is 4.68. The van der Waals surface area contributed by atoms with Crippen LogP contribution in [0.2, 0.25) is 18.1 Å². The fraction of sp³-hybridized carbons (Fsp3) is 0.857. The molecule has 0 amide bonds. The predicted octanol–water partition coefficient (Wildman–Crippen LogP) is 2.69. The smallest absolute Gasteiger partial charge is 0.192 e. The van der Waals surface area contributed by atoms with Crippen molar-refractivity contribution in [3.05, 3.63) is 12.2 Å². The molecule has 0 aliphatic carbocycles. The van der Waals surface area contributed by atoms with Gasteiger partial charge in [-0.05, 0) is 31.1 Å². The van der Waals surface area contributed by atoms with Crippen LogP contribution >= 0.6 is 0 Å². The lowest BCUT2D eigenvalue weighted by Crippen LogP contribution is -2.46. The number of rotatable bonds is 5. The summed E-state index contributed by atoms with van der Waals surface area (Å²) in [6, 6.07) is 0. The summed E-state index contributed by atoms with van der Waals surface area (Å²) in [5.74, 6) is 0. The molecule has 1 heterocycles. The largest absolute Gasteiger partial charge is 0.414 e. The van der Waals surface area contributed by atoms with Gasteiger partial charge in [0.05, 0.1) is 6.61 Å². The van der Waals surface area contributed by atoms with Gasteiger partial charge in [-0.25, -0.2) is 0 Å². The first kappa shape index (κ1) is 16.9. The summed E-state index contributed by atoms with van der Waals surface area (Å²) in [7, 11) is -1.82. The number of hydrogen-bond donors (Lipinski definition) is 1. The van der Waals surface area contributed by atoms with Crippen molar-refractivity contribution < 1.29 is 19.0 Å². The van der Waals surface area contributed by atoms with Gasteiger partial charge in [0.2, 0.25) is 0 Å². The lowest BCUT2D eigenvalue weighted by molar-refractivity contribution is -0.176. The standard InChI is InChI=1S/C14H28O4Si/c1-7-16-13-9-8-11(15)12(18-13)10-17-19(5,6)14(2,3)4/h8-9,11-13,15H,7,10H2,1-6H3/t11-,12-,13-/m1/s1. The number of aliphatic hydroxyl groups excluding tert-OH is 1. The Labute approximate surface area is 117 Å². The minimum atomic E-state index is -1.82. The highest BCUT2D eigenvalue weighted by Gasteiger charge is 2.38. The fourth-order valence-corrected chi connectivity index (χ4v) is 2.54. The van der Waals surface area contributed by atoms with Crippen LogP contribution in [-0.4, -0.2) is 45.1 Å². The van der Waals surface area contributed by atoms with Gasteiger partial charge in [0.1, 0.15) is 12.2 Å². The summed E-state index contributed by atoms with van der Waals surface area (Å²) in [5, 5.41) is 10.1. The molecule has 3 atom stereocenters. The van der Waals surface area contributed by atoms with Gasteiger partial charge >= 0.3 is 0 Å². The topological polar surface area (TPSA) is 47.9 Å². The second-order valence-electron chi connectivity index (χ2n) is 6.45. The molecule has 112 valence electrons. The monoisotopic (exact) mass is 288 g/mol. The van der Waals surface area contributed by atoms with Crippen LogP contribution in [0.5, 0.6) is 0 Å². The van der Waals surface area contributed by atoms with Crippen molar-refractivity contribution in [3.8, 4) is 0 Å². The zero-order valence-electron chi connectivity index (χ0n) is 13.0. The Balaban J connectivity index is 2.55. The maximum absolute atomic E-state index is 9.92. The highest BCUT2D eigenvalue weighted by Crippen LogP contribution is 2.36. The van der Waals surface area contributed by atoms with Crippen LogP contribution in [0.25, 0.3) is 0 Å². The summed E-state index contributed by atoms with van der Waals surface area (Å²) >= 11 is 0. The predicted molar refractivity (Wildman–Crippen MR) is 78.6 cm³/mol. The Morgan fingerprint density at radius 1 is 1.26 bits per heavy atom. The second-order valence-corrected chi connectivity index (χ2v) is 11.3. The van der Waals surface area contributed by atoms with E-state index in [1.54, 1.807) is 12.2 Å². The van der Waals surface area contributed by atoms with Gasteiger partial charge < -0.3 is 19.0 Å². The fourth-order valence-electron chi connectivity index (χ4n) is 1.53. The van der Waals surface area contributed by atoms with Gasteiger partial charge in [0, 0.05) is 6.61 Å². The molecule has 0 saturated heterocycles. The van der Waals surface area contributed by atoms with Crippen molar-refractivity contribution in [2.75, 3.05) is 13.2 Å². The summed E-state index contributed by atoms with van der Waals surface area (Å²) < 4.78 is 17.2. The second kappa shape index (κ2) is 6.50. The normalized spacial score (nSPS) is 28.7. The van der Waals surface area contributed by atoms with E-state index in [1.165, 1.54) is 0 Å². The van der Waals surface area contributed by atoms with E-state index in [9.17, 15) is 5.11 Å². The Morgan fingerprint density at radius 3 is 2.42 bits per heavy atom. The first-order valence-corrected chi connectivity index (χ1v) is 9.85. The maximum atomic E-state index is 9.92. The van der Waals surface area contributed by atoms with E-state index in [4.69, 9.17) is 13.9 Å². The van der Waals surface area contributed by atoms with E-state index in [1.807, 2.05) is 6.92 Å². The van der Waals surface area contributed by atoms with Crippen molar-refractivity contribution in [3.63, 3.8) is 0 Å². The molecule has 0 bridgehead atoms. The van der Waals surface area contributed by atoms with Crippen molar-refractivity contribution in [2.24, 2.45) is 0 Å². The highest BCUT2D eigenvalue weighted by molar-refractivity contribution is 6.74. The van der Waals surface area contributed by atoms with Crippen LogP contribution in [0.4, 0.5) is 0 Å². The number of hydrogen-bond acceptors (Lipinski definition) is 4. The molecule has 19 heavy (non-hydrogen) atoms. The van der Waals surface area contributed by atoms with Crippen LogP contribution < -0.4 is 0 Å². The summed E-state index contributed by atoms with van der Waals surface area (Å²) in [4.78, 5) is 0. The molecular formula is C14H28O4Si. The molecule has 0 spiro atoms. The molecule has 1 N–H and O–H groups in total. The third-order valence-corrected chi connectivity index (χ3v) is 8.40. The van der Waals surface area contributed by atoms with Crippen molar-refractivity contribution in [1.29, 1.82) is 0 Å². The van der Waals surface area contributed by atoms with E-state index in [-0.39, 0.29) is 17.4 Å². The van der Waals surface area contributed by atoms with E-state index in [2.05, 4.69) is 33.9 Å². The molecule has 5 heteroatoms. The van der Waals surface area contributed by atoms with Crippen LogP contribution in [0.15, 0.2) is 12.2 Å². The van der Waals surface area contributed by atoms with Crippen LogP contribution in [0.3, 0.4) is 0 Å². The Morgan fingerprint density at radius 2 is 1.89 bits per heavy atom. The van der Waals surface area contributed by atoms with Crippen LogP contribution in [0.1, 0.15) is 27.7 Å². The Kier molecular flexibility index (Phi) is 5.76. The van der Waals surface area contributed by atoms with Gasteiger partial charge in [-0.1, -0.05) is 26.8 Å². The molecule has 0 aromatic carbocycles. The van der Waals surface area contributed by atoms with Crippen LogP contribution in [-0.2, 0) is 13.9 Å². The van der Waals surface area contributed by atoms with Gasteiger partial charge in [0.15, 0.2) is 14.6 Å². The van der Waals surface area contributed by atoms with Crippen molar-refractivity contribution >= 4 is 8.32 Å². The zero-order chi connectivity index (χ0) is 14.7. The molecule has 1 aliphatic rings. The molecule has 1 aliphatic heterocycles. The molecule has 4 nitrogen and oxygen atoms in total. The average Bonchev–Trinajstić information content (AvgIpc) is 2.29. The number of aliphatic hydroxyl groups is 1. The molecular weight excluding hydrogens is 260 g/mol. The summed E-state index contributed by atoms with van der Waals surface area (Å²) in [6.07, 6.45) is 2.12. The van der Waals surface area contributed by atoms with E-state index in [0.29, 0.717) is 13.2 Å². The van der Waals surface area contributed by atoms with Gasteiger partial charge in [-0.3, -0.25) is 0 Å². The first-order chi connectivity index (χ1) is 8.67. The minimum absolute atomic E-state index is 0.155. The molecule has 0 radical (unpaired) electrons. The Hall–Kier alpha value is -0.203. The summed E-state index contributed by atoms with van der Waals surface area (Å²) in [5.41, 5.74) is 0. The first-order valence-electron chi connectivity index (χ1n) is 6.95. The zero-order valence-corrected chi connectivity index (χ0v) is 14.0. The lowest BCUT2D eigenvalue weighted by atomic mass is 10.1. The van der Waals surface area contributed by atoms with Crippen LogP contribution in [0, 0.1) is 0 Å². The molecule has 0 saturated carbocycles. The van der Waals surface area contributed by atoms with Crippen molar-refractivity contribution in [2.45, 2.75) is 64.3 Å². The van der Waals surface area contributed by atoms with E-state index >= 15 is 0 Å². The van der Waals surface area contributed by atoms with Gasteiger partial charge in [-0.2, -0.15) is 0 Å². The quantitative estimate of drug-likeness (QED) is 0.624. The Bertz CT molecular complexity index is 309. The molecule has 1 rings (SSSR count). The van der Waals surface area contributed by atoms with E-state index < -0.39 is 14.4 Å². The maximum Gasteiger partial charge on any atom is 0.192 e. The third-order valence-electron chi connectivity index (χ3n) is 3.90. The summed E-state index contributed by atoms with van der Waals surface area (Å²) in [6.45, 7) is 13.9. The molecule has 0 aromatic rings. The lowest BCUT2D eigenvalue weighted by Gasteiger charge is -2.38. The minimum Gasteiger partial charge on any atom is -0.414 e. The highest BCUT2D eigenvalue weighted by atomic mass is 28.4. The van der Waals surface area contributed by atoms with E-state index in [0.717, 1.165) is 0 Å². The molecule has 0 fully saturated rings. The number of ether oxygens (including phenoxy) is 2. The average molecular weight is 288 g/mol.